The fourth-order valence-corrected chi connectivity index (χ4v) is 6.30. The van der Waals surface area contributed by atoms with E-state index in [0.717, 1.165) is 5.56 Å². The first kappa shape index (κ1) is 30.4. The molecule has 0 radical (unpaired) electrons. The summed E-state index contributed by atoms with van der Waals surface area (Å²) in [6.45, 7) is 3.86. The molecular weight excluding hydrogens is 611 g/mol. The summed E-state index contributed by atoms with van der Waals surface area (Å²) in [6, 6.07) is 17.1. The summed E-state index contributed by atoms with van der Waals surface area (Å²) in [4.78, 5) is 32.4. The summed E-state index contributed by atoms with van der Waals surface area (Å²) >= 11 is 13.6. The predicted octanol–water partition coefficient (Wildman–Crippen LogP) is 5.70. The number of thiazole rings is 1. The van der Waals surface area contributed by atoms with Gasteiger partial charge in [-0.05, 0) is 55.8 Å². The minimum atomic E-state index is -0.796. The number of ether oxygens (including phenoxy) is 4. The maximum atomic E-state index is 14.1. The SMILES string of the molecule is CCOC(=O)C1=C(C)N=c2s/c(=C\c3ccccc3OCc3ccc(Cl)cc3Cl)c(=O)n2[C@@H]1c1ccc(OC)c(OC)c1. The maximum Gasteiger partial charge on any atom is 0.338 e. The van der Waals surface area contributed by atoms with Gasteiger partial charge in [-0.3, -0.25) is 9.36 Å². The number of para-hydroxylation sites is 1. The minimum absolute atomic E-state index is 0.177. The molecular formula is C32H28Cl2N2O6S. The Morgan fingerprint density at radius 1 is 1.02 bits per heavy atom. The second-order valence-corrected chi connectivity index (χ2v) is 11.3. The van der Waals surface area contributed by atoms with Crippen molar-refractivity contribution in [2.75, 3.05) is 20.8 Å². The second kappa shape index (κ2) is 13.1. The molecule has 0 amide bonds. The van der Waals surface area contributed by atoms with Gasteiger partial charge < -0.3 is 18.9 Å². The number of carbonyl (C=O) groups excluding carboxylic acids is 1. The van der Waals surface area contributed by atoms with Gasteiger partial charge in [-0.1, -0.05) is 64.9 Å². The van der Waals surface area contributed by atoms with Crippen LogP contribution in [0, 0.1) is 0 Å². The Balaban J connectivity index is 1.61. The third-order valence-corrected chi connectivity index (χ3v) is 8.41. The predicted molar refractivity (Wildman–Crippen MR) is 167 cm³/mol. The largest absolute Gasteiger partial charge is 0.493 e. The Kier molecular flexibility index (Phi) is 9.25. The molecule has 1 aromatic heterocycles. The number of esters is 1. The van der Waals surface area contributed by atoms with Crippen molar-refractivity contribution >= 4 is 46.6 Å². The van der Waals surface area contributed by atoms with Crippen LogP contribution in [0.5, 0.6) is 17.2 Å². The van der Waals surface area contributed by atoms with Gasteiger partial charge in [0.05, 0.1) is 42.7 Å². The van der Waals surface area contributed by atoms with Crippen LogP contribution in [-0.2, 0) is 16.1 Å². The van der Waals surface area contributed by atoms with Crippen molar-refractivity contribution in [3.05, 3.63) is 118 Å². The summed E-state index contributed by atoms with van der Waals surface area (Å²) < 4.78 is 24.4. The van der Waals surface area contributed by atoms with E-state index in [1.165, 1.54) is 23.0 Å². The molecule has 0 saturated heterocycles. The molecule has 0 saturated carbocycles. The Morgan fingerprint density at radius 2 is 1.79 bits per heavy atom. The van der Waals surface area contributed by atoms with Gasteiger partial charge in [0.15, 0.2) is 16.3 Å². The zero-order chi connectivity index (χ0) is 30.7. The van der Waals surface area contributed by atoms with Crippen molar-refractivity contribution in [3.8, 4) is 17.2 Å². The first-order chi connectivity index (χ1) is 20.7. The molecule has 1 aliphatic rings. The Labute approximate surface area is 262 Å². The highest BCUT2D eigenvalue weighted by Crippen LogP contribution is 2.36. The Morgan fingerprint density at radius 3 is 2.51 bits per heavy atom. The van der Waals surface area contributed by atoms with Crippen LogP contribution in [0.2, 0.25) is 10.0 Å². The fraction of sp³-hybridized carbons (Fsp3) is 0.219. The first-order valence-electron chi connectivity index (χ1n) is 13.3. The molecule has 2 heterocycles. The van der Waals surface area contributed by atoms with Crippen LogP contribution in [0.1, 0.15) is 36.6 Å². The molecule has 3 aromatic carbocycles. The Hall–Kier alpha value is -4.05. The summed E-state index contributed by atoms with van der Waals surface area (Å²) in [6.07, 6.45) is 1.76. The lowest BCUT2D eigenvalue weighted by atomic mass is 9.95. The molecule has 5 rings (SSSR count). The summed E-state index contributed by atoms with van der Waals surface area (Å²) in [5, 5.41) is 1.04. The van der Waals surface area contributed by atoms with Gasteiger partial charge in [-0.2, -0.15) is 0 Å². The van der Waals surface area contributed by atoms with E-state index in [4.69, 9.17) is 42.1 Å². The van der Waals surface area contributed by atoms with Crippen LogP contribution in [0.3, 0.4) is 0 Å². The fourth-order valence-electron chi connectivity index (χ4n) is 4.80. The van der Waals surface area contributed by atoms with Crippen LogP contribution in [0.15, 0.2) is 81.7 Å². The molecule has 0 fully saturated rings. The highest BCUT2D eigenvalue weighted by atomic mass is 35.5. The standard InChI is InChI=1S/C32H28Cl2N2O6S/c1-5-41-31(38)28-18(2)35-32-36(29(28)20-11-13-25(39-3)26(14-20)40-4)30(37)27(43-32)15-19-8-6-7-9-24(19)42-17-21-10-12-22(33)16-23(21)34/h6-16,29H,5,17H2,1-4H3/b27-15-/t29-/m1/s1. The number of aromatic nitrogens is 1. The van der Waals surface area contributed by atoms with Gasteiger partial charge >= 0.3 is 5.97 Å². The van der Waals surface area contributed by atoms with Crippen LogP contribution in [0.25, 0.3) is 6.08 Å². The zero-order valence-electron chi connectivity index (χ0n) is 23.9. The summed E-state index contributed by atoms with van der Waals surface area (Å²) in [5.41, 5.74) is 2.55. The lowest BCUT2D eigenvalue weighted by Gasteiger charge is -2.25. The first-order valence-corrected chi connectivity index (χ1v) is 14.9. The third kappa shape index (κ3) is 6.20. The molecule has 1 aliphatic heterocycles. The highest BCUT2D eigenvalue weighted by molar-refractivity contribution is 7.07. The van der Waals surface area contributed by atoms with E-state index in [1.54, 1.807) is 57.4 Å². The molecule has 0 N–H and O–H groups in total. The van der Waals surface area contributed by atoms with E-state index < -0.39 is 12.0 Å². The van der Waals surface area contributed by atoms with Crippen LogP contribution >= 0.6 is 34.5 Å². The van der Waals surface area contributed by atoms with E-state index in [0.29, 0.717) is 53.5 Å². The van der Waals surface area contributed by atoms with Gasteiger partial charge in [0.25, 0.3) is 5.56 Å². The number of carbonyl (C=O) groups is 1. The van der Waals surface area contributed by atoms with Crippen LogP contribution in [0.4, 0.5) is 0 Å². The molecule has 0 aliphatic carbocycles. The normalized spacial score (nSPS) is 14.7. The number of hydrogen-bond acceptors (Lipinski definition) is 8. The molecule has 0 bridgehead atoms. The van der Waals surface area contributed by atoms with Gasteiger partial charge in [-0.25, -0.2) is 9.79 Å². The van der Waals surface area contributed by atoms with Crippen molar-refractivity contribution in [2.45, 2.75) is 26.5 Å². The topological polar surface area (TPSA) is 88.4 Å². The minimum Gasteiger partial charge on any atom is -0.493 e. The van der Waals surface area contributed by atoms with Gasteiger partial charge in [-0.15, -0.1) is 0 Å². The average molecular weight is 640 g/mol. The van der Waals surface area contributed by atoms with Crippen molar-refractivity contribution in [1.82, 2.24) is 4.57 Å². The highest BCUT2D eigenvalue weighted by Gasteiger charge is 2.34. The van der Waals surface area contributed by atoms with Crippen molar-refractivity contribution in [1.29, 1.82) is 0 Å². The molecule has 1 atom stereocenters. The lowest BCUT2D eigenvalue weighted by molar-refractivity contribution is -0.139. The number of halogens is 2. The smallest absolute Gasteiger partial charge is 0.338 e. The third-order valence-electron chi connectivity index (χ3n) is 6.84. The molecule has 0 unspecified atom stereocenters. The number of nitrogens with zero attached hydrogens (tertiary/aromatic N) is 2. The number of methoxy groups -OCH3 is 2. The van der Waals surface area contributed by atoms with Gasteiger partial charge in [0.2, 0.25) is 0 Å². The Bertz CT molecular complexity index is 1910. The molecule has 222 valence electrons. The zero-order valence-corrected chi connectivity index (χ0v) is 26.2. The van der Waals surface area contributed by atoms with Crippen LogP contribution in [-0.4, -0.2) is 31.4 Å². The van der Waals surface area contributed by atoms with Crippen LogP contribution < -0.4 is 29.1 Å². The monoisotopic (exact) mass is 638 g/mol. The maximum absolute atomic E-state index is 14.1. The molecule has 8 nitrogen and oxygen atoms in total. The molecule has 11 heteroatoms. The molecule has 43 heavy (non-hydrogen) atoms. The van der Waals surface area contributed by atoms with Crippen molar-refractivity contribution in [2.24, 2.45) is 4.99 Å². The van der Waals surface area contributed by atoms with E-state index in [9.17, 15) is 9.59 Å². The van der Waals surface area contributed by atoms with Gasteiger partial charge in [0.1, 0.15) is 12.4 Å². The number of rotatable bonds is 9. The number of allylic oxidation sites excluding steroid dienone is 1. The second-order valence-electron chi connectivity index (χ2n) is 9.48. The van der Waals surface area contributed by atoms with Crippen molar-refractivity contribution in [3.63, 3.8) is 0 Å². The van der Waals surface area contributed by atoms with Crippen molar-refractivity contribution < 1.29 is 23.7 Å². The molecule has 4 aromatic rings. The number of fused-ring (bicyclic) bond motifs is 1. The van der Waals surface area contributed by atoms with E-state index in [1.807, 2.05) is 30.3 Å². The van der Waals surface area contributed by atoms with E-state index in [-0.39, 0.29) is 24.3 Å². The van der Waals surface area contributed by atoms with E-state index in [2.05, 4.69) is 4.99 Å². The lowest BCUT2D eigenvalue weighted by Crippen LogP contribution is -2.40. The number of benzene rings is 3. The average Bonchev–Trinajstić information content (AvgIpc) is 3.30. The summed E-state index contributed by atoms with van der Waals surface area (Å²) in [7, 11) is 3.07. The van der Waals surface area contributed by atoms with Gasteiger partial charge in [0, 0.05) is 21.2 Å². The van der Waals surface area contributed by atoms with E-state index >= 15 is 0 Å². The summed E-state index contributed by atoms with van der Waals surface area (Å²) in [5.74, 6) is 1.01. The quantitative estimate of drug-likeness (QED) is 0.219. The number of hydrogen-bond donors (Lipinski definition) is 0. The molecule has 0 spiro atoms.